The molecule has 0 bridgehead atoms. The van der Waals surface area contributed by atoms with Gasteiger partial charge in [-0.25, -0.2) is 4.79 Å². The van der Waals surface area contributed by atoms with Crippen molar-refractivity contribution in [3.63, 3.8) is 0 Å². The molecule has 3 aromatic rings. The molecule has 0 unspecified atom stereocenters. The number of nitrogens with zero attached hydrogens (tertiary/aromatic N) is 1. The highest BCUT2D eigenvalue weighted by Gasteiger charge is 2.30. The molecule has 32 heavy (non-hydrogen) atoms. The number of hydrogen-bond donors (Lipinski definition) is 2. The van der Waals surface area contributed by atoms with Crippen molar-refractivity contribution in [2.75, 3.05) is 0 Å². The predicted molar refractivity (Wildman–Crippen MR) is 116 cm³/mol. The van der Waals surface area contributed by atoms with E-state index in [9.17, 15) is 23.5 Å². The number of aromatic nitrogens is 1. The maximum absolute atomic E-state index is 13.5. The summed E-state index contributed by atoms with van der Waals surface area (Å²) in [4.78, 5) is 24.4. The van der Waals surface area contributed by atoms with Gasteiger partial charge < -0.3 is 19.7 Å². The molecule has 0 amide bonds. The second kappa shape index (κ2) is 7.70. The SMILES string of the molecule is C[C@H]1Cc2ccc(-c3ccc4c(=O)c(C(=O)O)cn(C5CC5)c4c3OC(F)F)cc2CN1. The van der Waals surface area contributed by atoms with Crippen molar-refractivity contribution in [2.45, 2.75) is 51.4 Å². The number of aromatic carboxylic acids is 1. The molecular weight excluding hydrogens is 418 g/mol. The Balaban J connectivity index is 1.77. The summed E-state index contributed by atoms with van der Waals surface area (Å²) in [6.07, 6.45) is 3.69. The van der Waals surface area contributed by atoms with Crippen LogP contribution >= 0.6 is 0 Å². The number of ether oxygens (including phenoxy) is 1. The molecule has 1 aliphatic heterocycles. The van der Waals surface area contributed by atoms with Gasteiger partial charge in [0.05, 0.1) is 10.9 Å². The Kier molecular flexibility index (Phi) is 4.97. The van der Waals surface area contributed by atoms with E-state index in [0.717, 1.165) is 24.8 Å². The van der Waals surface area contributed by atoms with Crippen LogP contribution in [0.25, 0.3) is 22.0 Å². The number of carbonyl (C=O) groups is 1. The summed E-state index contributed by atoms with van der Waals surface area (Å²) >= 11 is 0. The smallest absolute Gasteiger partial charge is 0.387 e. The molecule has 0 saturated heterocycles. The molecule has 1 atom stereocenters. The number of fused-ring (bicyclic) bond motifs is 2. The zero-order valence-electron chi connectivity index (χ0n) is 17.4. The van der Waals surface area contributed by atoms with Gasteiger partial charge in [0.25, 0.3) is 0 Å². The standard InChI is InChI=1S/C24H22F2N2O4/c1-12-8-13-2-3-14(9-15(13)10-27-12)17-6-7-18-20(22(17)32-24(25)26)28(16-4-5-16)11-19(21(18)29)23(30)31/h2-3,6-7,9,11-12,16,24,27H,4-5,8,10H2,1H3,(H,30,31)/t12-/m0/s1. The first-order chi connectivity index (χ1) is 15.3. The minimum atomic E-state index is -3.10. The van der Waals surface area contributed by atoms with Crippen LogP contribution in [0.4, 0.5) is 8.78 Å². The van der Waals surface area contributed by atoms with Crippen LogP contribution in [0.2, 0.25) is 0 Å². The average molecular weight is 440 g/mol. The number of hydrogen-bond acceptors (Lipinski definition) is 4. The highest BCUT2D eigenvalue weighted by Crippen LogP contribution is 2.43. The Morgan fingerprint density at radius 1 is 1.22 bits per heavy atom. The van der Waals surface area contributed by atoms with Gasteiger partial charge >= 0.3 is 12.6 Å². The molecule has 2 aromatic carbocycles. The van der Waals surface area contributed by atoms with Gasteiger partial charge in [-0.15, -0.1) is 0 Å². The minimum Gasteiger partial charge on any atom is -0.477 e. The fourth-order valence-electron chi connectivity index (χ4n) is 4.49. The number of pyridine rings is 1. The molecule has 1 saturated carbocycles. The Bertz CT molecular complexity index is 1300. The van der Waals surface area contributed by atoms with Gasteiger partial charge in [0, 0.05) is 30.4 Å². The lowest BCUT2D eigenvalue weighted by Gasteiger charge is -2.24. The summed E-state index contributed by atoms with van der Waals surface area (Å²) in [6.45, 7) is -0.309. The number of halogens is 2. The first-order valence-electron chi connectivity index (χ1n) is 10.6. The topological polar surface area (TPSA) is 80.6 Å². The third kappa shape index (κ3) is 3.54. The summed E-state index contributed by atoms with van der Waals surface area (Å²) in [5.41, 5.74) is 2.56. The summed E-state index contributed by atoms with van der Waals surface area (Å²) in [5.74, 6) is -1.45. The van der Waals surface area contributed by atoms with Crippen LogP contribution in [0.5, 0.6) is 5.75 Å². The van der Waals surface area contributed by atoms with Crippen molar-refractivity contribution in [3.8, 4) is 16.9 Å². The van der Waals surface area contributed by atoms with Crippen molar-refractivity contribution in [1.29, 1.82) is 0 Å². The lowest BCUT2D eigenvalue weighted by molar-refractivity contribution is -0.0486. The van der Waals surface area contributed by atoms with Crippen molar-refractivity contribution in [1.82, 2.24) is 9.88 Å². The van der Waals surface area contributed by atoms with Crippen LogP contribution in [0, 0.1) is 0 Å². The molecule has 2 N–H and O–H groups in total. The van der Waals surface area contributed by atoms with Crippen LogP contribution in [-0.4, -0.2) is 28.3 Å². The molecule has 6 nitrogen and oxygen atoms in total. The Morgan fingerprint density at radius 3 is 2.69 bits per heavy atom. The van der Waals surface area contributed by atoms with Crippen molar-refractivity contribution < 1.29 is 23.4 Å². The first kappa shape index (κ1) is 20.6. The highest BCUT2D eigenvalue weighted by atomic mass is 19.3. The quantitative estimate of drug-likeness (QED) is 0.617. The van der Waals surface area contributed by atoms with E-state index in [-0.39, 0.29) is 28.3 Å². The van der Waals surface area contributed by atoms with E-state index in [4.69, 9.17) is 4.74 Å². The third-order valence-corrected chi connectivity index (χ3v) is 6.21. The van der Waals surface area contributed by atoms with E-state index in [1.165, 1.54) is 17.8 Å². The monoisotopic (exact) mass is 440 g/mol. The molecule has 2 heterocycles. The van der Waals surface area contributed by atoms with Crippen LogP contribution in [0.15, 0.2) is 41.3 Å². The normalized spacial score (nSPS) is 18.1. The average Bonchev–Trinajstić information content (AvgIpc) is 3.58. The lowest BCUT2D eigenvalue weighted by Crippen LogP contribution is -2.32. The number of carboxylic acids is 1. The van der Waals surface area contributed by atoms with Crippen molar-refractivity contribution in [2.24, 2.45) is 0 Å². The second-order valence-corrected chi connectivity index (χ2v) is 8.50. The van der Waals surface area contributed by atoms with Crippen LogP contribution < -0.4 is 15.5 Å². The summed E-state index contributed by atoms with van der Waals surface area (Å²) in [5, 5.41) is 12.9. The summed E-state index contributed by atoms with van der Waals surface area (Å²) in [7, 11) is 0. The van der Waals surface area contributed by atoms with Gasteiger partial charge in [0.1, 0.15) is 5.56 Å². The maximum Gasteiger partial charge on any atom is 0.387 e. The summed E-state index contributed by atoms with van der Waals surface area (Å²) < 4.78 is 33.6. The van der Waals surface area contributed by atoms with E-state index < -0.39 is 18.0 Å². The molecule has 1 aliphatic carbocycles. The van der Waals surface area contributed by atoms with Gasteiger partial charge in [-0.1, -0.05) is 12.1 Å². The highest BCUT2D eigenvalue weighted by molar-refractivity contribution is 5.97. The van der Waals surface area contributed by atoms with E-state index in [1.807, 2.05) is 18.2 Å². The number of nitrogens with one attached hydrogen (secondary N) is 1. The van der Waals surface area contributed by atoms with Gasteiger partial charge in [0.2, 0.25) is 5.43 Å². The molecule has 166 valence electrons. The van der Waals surface area contributed by atoms with Crippen LogP contribution in [-0.2, 0) is 13.0 Å². The zero-order valence-corrected chi connectivity index (χ0v) is 17.4. The predicted octanol–water partition coefficient (Wildman–Crippen LogP) is 4.34. The fraction of sp³-hybridized carbons (Fsp3) is 0.333. The second-order valence-electron chi connectivity index (χ2n) is 8.50. The van der Waals surface area contributed by atoms with Crippen molar-refractivity contribution in [3.05, 3.63) is 63.4 Å². The Labute approximate surface area is 182 Å². The molecule has 1 aromatic heterocycles. The lowest BCUT2D eigenvalue weighted by atomic mass is 9.92. The molecule has 0 radical (unpaired) electrons. The van der Waals surface area contributed by atoms with Gasteiger partial charge in [0.15, 0.2) is 5.75 Å². The van der Waals surface area contributed by atoms with Crippen molar-refractivity contribution >= 4 is 16.9 Å². The van der Waals surface area contributed by atoms with E-state index >= 15 is 0 Å². The zero-order chi connectivity index (χ0) is 22.6. The summed E-state index contributed by atoms with van der Waals surface area (Å²) in [6, 6.07) is 9.21. The van der Waals surface area contributed by atoms with Crippen LogP contribution in [0.3, 0.4) is 0 Å². The molecular formula is C24H22F2N2O4. The number of benzene rings is 2. The molecule has 2 aliphatic rings. The van der Waals surface area contributed by atoms with Crippen LogP contribution in [0.1, 0.15) is 47.3 Å². The molecule has 8 heteroatoms. The minimum absolute atomic E-state index is 0.0549. The van der Waals surface area contributed by atoms with Gasteiger partial charge in [-0.05, 0) is 61.1 Å². The van der Waals surface area contributed by atoms with E-state index in [1.54, 1.807) is 10.6 Å². The molecule has 1 fully saturated rings. The third-order valence-electron chi connectivity index (χ3n) is 6.21. The van der Waals surface area contributed by atoms with E-state index in [0.29, 0.717) is 23.7 Å². The van der Waals surface area contributed by atoms with E-state index in [2.05, 4.69) is 12.2 Å². The number of carboxylic acid groups (broad SMARTS) is 1. The maximum atomic E-state index is 13.5. The van der Waals surface area contributed by atoms with Gasteiger partial charge in [-0.2, -0.15) is 8.78 Å². The molecule has 5 rings (SSSR count). The van der Waals surface area contributed by atoms with Gasteiger partial charge in [-0.3, -0.25) is 4.79 Å². The number of alkyl halides is 2. The first-order valence-corrected chi connectivity index (χ1v) is 10.6. The molecule has 0 spiro atoms. The number of rotatable bonds is 5. The Hall–Kier alpha value is -3.26. The fourth-order valence-corrected chi connectivity index (χ4v) is 4.49. The Morgan fingerprint density at radius 2 is 2.00 bits per heavy atom. The largest absolute Gasteiger partial charge is 0.477 e.